The number of aliphatic hydroxyl groups is 1. The normalized spacial score (nSPS) is 13.0. The van der Waals surface area contributed by atoms with Gasteiger partial charge in [-0.25, -0.2) is 0 Å². The van der Waals surface area contributed by atoms with Crippen LogP contribution in [0.5, 0.6) is 0 Å². The highest BCUT2D eigenvalue weighted by atomic mass is 32.2. The van der Waals surface area contributed by atoms with E-state index < -0.39 is 34.6 Å². The van der Waals surface area contributed by atoms with Crippen molar-refractivity contribution in [1.29, 1.82) is 0 Å². The zero-order valence-corrected chi connectivity index (χ0v) is 14.3. The Morgan fingerprint density at radius 2 is 1.50 bits per heavy atom. The average molecular weight is 338 g/mol. The summed E-state index contributed by atoms with van der Waals surface area (Å²) in [5.74, 6) is -1.27. The van der Waals surface area contributed by atoms with E-state index >= 15 is 0 Å². The Bertz CT molecular complexity index is 379. The van der Waals surface area contributed by atoms with Gasteiger partial charge in [0.25, 0.3) is 10.1 Å². The molecule has 0 saturated carbocycles. The van der Waals surface area contributed by atoms with E-state index in [1.807, 2.05) is 0 Å². The summed E-state index contributed by atoms with van der Waals surface area (Å²) in [6.07, 6.45) is 9.25. The lowest BCUT2D eigenvalue weighted by Gasteiger charge is -2.09. The van der Waals surface area contributed by atoms with E-state index in [2.05, 4.69) is 6.92 Å². The van der Waals surface area contributed by atoms with Crippen LogP contribution in [0.15, 0.2) is 0 Å². The first-order chi connectivity index (χ1) is 10.3. The predicted octanol–water partition coefficient (Wildman–Crippen LogP) is 2.70. The van der Waals surface area contributed by atoms with Gasteiger partial charge in [0.1, 0.15) is 18.5 Å². The van der Waals surface area contributed by atoms with E-state index in [0.29, 0.717) is 0 Å². The fourth-order valence-corrected chi connectivity index (χ4v) is 2.72. The summed E-state index contributed by atoms with van der Waals surface area (Å²) < 4.78 is 34.3. The highest BCUT2D eigenvalue weighted by Gasteiger charge is 2.15. The molecule has 0 amide bonds. The van der Waals surface area contributed by atoms with Crippen molar-refractivity contribution in [2.45, 2.75) is 77.2 Å². The quantitative estimate of drug-likeness (QED) is 0.287. The topological polar surface area (TPSA) is 101 Å². The lowest BCUT2D eigenvalue weighted by Crippen LogP contribution is -2.26. The van der Waals surface area contributed by atoms with Crippen LogP contribution in [0.25, 0.3) is 0 Å². The van der Waals surface area contributed by atoms with Crippen LogP contribution in [0.1, 0.15) is 71.1 Å². The number of esters is 1. The second kappa shape index (κ2) is 12.8. The molecule has 0 radical (unpaired) electrons. The lowest BCUT2D eigenvalue weighted by atomic mass is 10.1. The Balaban J connectivity index is 3.43. The molecule has 1 unspecified atom stereocenters. The van der Waals surface area contributed by atoms with Crippen LogP contribution in [0, 0.1) is 0 Å². The molecule has 22 heavy (non-hydrogen) atoms. The van der Waals surface area contributed by atoms with Gasteiger partial charge in [0.2, 0.25) is 0 Å². The van der Waals surface area contributed by atoms with Crippen LogP contribution >= 0.6 is 0 Å². The average Bonchev–Trinajstić information content (AvgIpc) is 2.41. The second-order valence-electron chi connectivity index (χ2n) is 5.66. The predicted molar refractivity (Wildman–Crippen MR) is 85.2 cm³/mol. The molecule has 0 aliphatic carbocycles. The summed E-state index contributed by atoms with van der Waals surface area (Å²) >= 11 is 0. The number of carbonyl (C=O) groups is 1. The van der Waals surface area contributed by atoms with Crippen molar-refractivity contribution < 1.29 is 27.6 Å². The van der Waals surface area contributed by atoms with E-state index in [0.717, 1.165) is 19.3 Å². The van der Waals surface area contributed by atoms with E-state index in [9.17, 15) is 18.3 Å². The maximum absolute atomic E-state index is 11.4. The van der Waals surface area contributed by atoms with Crippen molar-refractivity contribution in [3.8, 4) is 0 Å². The lowest BCUT2D eigenvalue weighted by molar-refractivity contribution is -0.146. The standard InChI is InChI=1S/C15H30O6S/c1-2-3-4-5-6-7-8-9-10-11-15(17)21-12-14(16)13-22(18,19)20/h14,16H,2-13H2,1H3,(H,18,19,20). The molecule has 0 rings (SSSR count). The number of ether oxygens (including phenoxy) is 1. The van der Waals surface area contributed by atoms with Gasteiger partial charge < -0.3 is 9.84 Å². The summed E-state index contributed by atoms with van der Waals surface area (Å²) in [7, 11) is -4.25. The molecule has 132 valence electrons. The van der Waals surface area contributed by atoms with Crippen LogP contribution in [0.4, 0.5) is 0 Å². The van der Waals surface area contributed by atoms with E-state index in [4.69, 9.17) is 9.29 Å². The fraction of sp³-hybridized carbons (Fsp3) is 0.933. The van der Waals surface area contributed by atoms with Crippen LogP contribution in [-0.2, 0) is 19.6 Å². The molecule has 0 heterocycles. The number of rotatable bonds is 14. The van der Waals surface area contributed by atoms with E-state index in [1.165, 1.54) is 38.5 Å². The molecular formula is C15H30O6S. The summed E-state index contributed by atoms with van der Waals surface area (Å²) in [5.41, 5.74) is 0. The fourth-order valence-electron chi connectivity index (χ4n) is 2.13. The van der Waals surface area contributed by atoms with Crippen molar-refractivity contribution >= 4 is 16.1 Å². The Morgan fingerprint density at radius 1 is 1.00 bits per heavy atom. The van der Waals surface area contributed by atoms with Gasteiger partial charge in [-0.1, -0.05) is 58.3 Å². The number of hydrogen-bond acceptors (Lipinski definition) is 5. The molecule has 7 heteroatoms. The molecule has 2 N–H and O–H groups in total. The van der Waals surface area contributed by atoms with Crippen molar-refractivity contribution in [3.05, 3.63) is 0 Å². The minimum atomic E-state index is -4.25. The largest absolute Gasteiger partial charge is 0.463 e. The first-order valence-corrected chi connectivity index (χ1v) is 9.75. The Morgan fingerprint density at radius 3 is 2.00 bits per heavy atom. The summed E-state index contributed by atoms with van der Waals surface area (Å²) in [6.45, 7) is 1.79. The third kappa shape index (κ3) is 15.7. The zero-order chi connectivity index (χ0) is 16.8. The Labute approximate surface area is 134 Å². The smallest absolute Gasteiger partial charge is 0.305 e. The molecule has 0 bridgehead atoms. The summed E-state index contributed by atoms with van der Waals surface area (Å²) in [5, 5.41) is 9.25. The van der Waals surface area contributed by atoms with Crippen molar-refractivity contribution in [1.82, 2.24) is 0 Å². The molecule has 6 nitrogen and oxygen atoms in total. The van der Waals surface area contributed by atoms with Gasteiger partial charge in [0, 0.05) is 6.42 Å². The second-order valence-corrected chi connectivity index (χ2v) is 7.16. The summed E-state index contributed by atoms with van der Waals surface area (Å²) in [6, 6.07) is 0. The number of aliphatic hydroxyl groups excluding tert-OH is 1. The minimum Gasteiger partial charge on any atom is -0.463 e. The first-order valence-electron chi connectivity index (χ1n) is 8.14. The van der Waals surface area contributed by atoms with E-state index in [1.54, 1.807) is 0 Å². The Hall–Kier alpha value is -0.660. The minimum absolute atomic E-state index is 0.272. The number of carbonyl (C=O) groups excluding carboxylic acids is 1. The van der Waals surface area contributed by atoms with Gasteiger partial charge >= 0.3 is 5.97 Å². The molecule has 0 aromatic heterocycles. The van der Waals surface area contributed by atoms with Gasteiger partial charge in [0.05, 0.1) is 0 Å². The monoisotopic (exact) mass is 338 g/mol. The van der Waals surface area contributed by atoms with Crippen molar-refractivity contribution in [2.24, 2.45) is 0 Å². The van der Waals surface area contributed by atoms with Gasteiger partial charge in [-0.2, -0.15) is 8.42 Å². The number of hydrogen-bond donors (Lipinski definition) is 2. The molecule has 0 aliphatic heterocycles. The van der Waals surface area contributed by atoms with Gasteiger partial charge in [-0.15, -0.1) is 0 Å². The van der Waals surface area contributed by atoms with Crippen LogP contribution < -0.4 is 0 Å². The third-order valence-corrected chi connectivity index (χ3v) is 4.13. The van der Waals surface area contributed by atoms with Crippen LogP contribution in [0.3, 0.4) is 0 Å². The highest BCUT2D eigenvalue weighted by molar-refractivity contribution is 7.85. The Kier molecular flexibility index (Phi) is 12.5. The molecule has 0 spiro atoms. The highest BCUT2D eigenvalue weighted by Crippen LogP contribution is 2.10. The van der Waals surface area contributed by atoms with E-state index in [-0.39, 0.29) is 6.42 Å². The maximum Gasteiger partial charge on any atom is 0.305 e. The molecule has 0 saturated heterocycles. The molecule has 1 atom stereocenters. The zero-order valence-electron chi connectivity index (χ0n) is 13.5. The molecule has 0 aromatic rings. The van der Waals surface area contributed by atoms with Gasteiger partial charge in [-0.05, 0) is 6.42 Å². The summed E-state index contributed by atoms with van der Waals surface area (Å²) in [4.78, 5) is 11.4. The molecular weight excluding hydrogens is 308 g/mol. The first kappa shape index (κ1) is 21.3. The molecule has 0 aliphatic rings. The van der Waals surface area contributed by atoms with Gasteiger partial charge in [0.15, 0.2) is 0 Å². The maximum atomic E-state index is 11.4. The third-order valence-electron chi connectivity index (χ3n) is 3.32. The number of unbranched alkanes of at least 4 members (excludes halogenated alkanes) is 8. The van der Waals surface area contributed by atoms with Crippen LogP contribution in [0.2, 0.25) is 0 Å². The molecule has 0 fully saturated rings. The molecule has 0 aromatic carbocycles. The van der Waals surface area contributed by atoms with Crippen molar-refractivity contribution in [2.75, 3.05) is 12.4 Å². The van der Waals surface area contributed by atoms with Gasteiger partial charge in [-0.3, -0.25) is 9.35 Å². The van der Waals surface area contributed by atoms with Crippen LogP contribution in [-0.4, -0.2) is 42.5 Å². The SMILES string of the molecule is CCCCCCCCCCCC(=O)OCC(O)CS(=O)(=O)O. The van der Waals surface area contributed by atoms with Crippen molar-refractivity contribution in [3.63, 3.8) is 0 Å².